The van der Waals surface area contributed by atoms with Gasteiger partial charge >= 0.3 is 0 Å². The van der Waals surface area contributed by atoms with Gasteiger partial charge in [0.05, 0.1) is 29.0 Å². The van der Waals surface area contributed by atoms with E-state index in [4.69, 9.17) is 0 Å². The quantitative estimate of drug-likeness (QED) is 0.545. The van der Waals surface area contributed by atoms with Crippen molar-refractivity contribution in [2.45, 2.75) is 0 Å². The molecule has 0 aliphatic carbocycles. The van der Waals surface area contributed by atoms with E-state index >= 15 is 0 Å². The zero-order chi connectivity index (χ0) is 11.9. The van der Waals surface area contributed by atoms with Crippen molar-refractivity contribution in [3.63, 3.8) is 0 Å². The first-order chi connectivity index (χ1) is 8.92. The molecule has 0 saturated heterocycles. The van der Waals surface area contributed by atoms with E-state index in [0.29, 0.717) is 5.65 Å². The summed E-state index contributed by atoms with van der Waals surface area (Å²) >= 11 is 0. The molecule has 18 heavy (non-hydrogen) atoms. The van der Waals surface area contributed by atoms with Gasteiger partial charge in [0, 0.05) is 18.6 Å². The van der Waals surface area contributed by atoms with Gasteiger partial charge in [0.15, 0.2) is 5.65 Å². The molecule has 0 bridgehead atoms. The second-order valence-electron chi connectivity index (χ2n) is 3.92. The Kier molecular flexibility index (Phi) is 1.74. The number of hydrogen-bond acceptors (Lipinski definition) is 4. The first-order valence-corrected chi connectivity index (χ1v) is 5.50. The lowest BCUT2D eigenvalue weighted by Gasteiger charge is -1.93. The zero-order valence-electron chi connectivity index (χ0n) is 9.28. The fraction of sp³-hybridized carbons (Fsp3) is 0. The Labute approximate surface area is 101 Å². The summed E-state index contributed by atoms with van der Waals surface area (Å²) in [6.45, 7) is 0. The van der Waals surface area contributed by atoms with Crippen LogP contribution in [0.5, 0.6) is 0 Å². The standard InChI is InChI=1S/C12H8N6/c1-2-9-12(14-3-1)17-11(16-9)8-6-15-18-5-4-13-7-10(8)18/h1-7H,(H,14,16,17). The number of fused-ring (bicyclic) bond motifs is 2. The van der Waals surface area contributed by atoms with Crippen LogP contribution in [0, 0.1) is 0 Å². The van der Waals surface area contributed by atoms with E-state index in [0.717, 1.165) is 22.4 Å². The van der Waals surface area contributed by atoms with Crippen LogP contribution in [0.2, 0.25) is 0 Å². The van der Waals surface area contributed by atoms with Gasteiger partial charge in [-0.25, -0.2) is 14.5 Å². The van der Waals surface area contributed by atoms with Crippen LogP contribution in [0.4, 0.5) is 0 Å². The predicted octanol–water partition coefficient (Wildman–Crippen LogP) is 1.67. The maximum atomic E-state index is 4.46. The third kappa shape index (κ3) is 1.22. The van der Waals surface area contributed by atoms with E-state index in [1.165, 1.54) is 0 Å². The Hall–Kier alpha value is -2.76. The molecule has 4 heterocycles. The van der Waals surface area contributed by atoms with Crippen LogP contribution in [-0.2, 0) is 0 Å². The summed E-state index contributed by atoms with van der Waals surface area (Å²) in [5, 5.41) is 4.26. The summed E-state index contributed by atoms with van der Waals surface area (Å²) in [4.78, 5) is 16.0. The Bertz CT molecular complexity index is 811. The number of aromatic nitrogens is 6. The van der Waals surface area contributed by atoms with Crippen molar-refractivity contribution in [2.75, 3.05) is 0 Å². The molecule has 0 amide bonds. The van der Waals surface area contributed by atoms with Crippen LogP contribution in [0.3, 0.4) is 0 Å². The van der Waals surface area contributed by atoms with E-state index in [1.54, 1.807) is 35.5 Å². The highest BCUT2D eigenvalue weighted by molar-refractivity contribution is 5.81. The Balaban J connectivity index is 2.01. The van der Waals surface area contributed by atoms with Crippen LogP contribution in [-0.4, -0.2) is 29.5 Å². The van der Waals surface area contributed by atoms with Gasteiger partial charge < -0.3 is 4.98 Å². The molecule has 0 radical (unpaired) electrons. The van der Waals surface area contributed by atoms with Gasteiger partial charge in [-0.15, -0.1) is 0 Å². The average molecular weight is 236 g/mol. The second-order valence-corrected chi connectivity index (χ2v) is 3.92. The largest absolute Gasteiger partial charge is 0.336 e. The predicted molar refractivity (Wildman–Crippen MR) is 65.9 cm³/mol. The molecule has 0 saturated carbocycles. The lowest BCUT2D eigenvalue weighted by Crippen LogP contribution is -1.86. The van der Waals surface area contributed by atoms with E-state index < -0.39 is 0 Å². The highest BCUT2D eigenvalue weighted by atomic mass is 15.2. The minimum absolute atomic E-state index is 0.704. The molecule has 0 atom stereocenters. The number of nitrogens with zero attached hydrogens (tertiary/aromatic N) is 5. The number of rotatable bonds is 1. The number of nitrogens with one attached hydrogen (secondary N) is 1. The minimum Gasteiger partial charge on any atom is -0.336 e. The fourth-order valence-electron chi connectivity index (χ4n) is 1.99. The van der Waals surface area contributed by atoms with Crippen molar-refractivity contribution in [1.29, 1.82) is 0 Å². The first-order valence-electron chi connectivity index (χ1n) is 5.50. The Morgan fingerprint density at radius 1 is 1.17 bits per heavy atom. The minimum atomic E-state index is 0.704. The number of H-pyrrole nitrogens is 1. The van der Waals surface area contributed by atoms with Crippen LogP contribution in [0.15, 0.2) is 43.1 Å². The van der Waals surface area contributed by atoms with Crippen molar-refractivity contribution in [3.8, 4) is 11.4 Å². The van der Waals surface area contributed by atoms with Crippen LogP contribution >= 0.6 is 0 Å². The monoisotopic (exact) mass is 236 g/mol. The molecule has 1 N–H and O–H groups in total. The van der Waals surface area contributed by atoms with Gasteiger partial charge in [0.25, 0.3) is 0 Å². The van der Waals surface area contributed by atoms with Crippen molar-refractivity contribution in [2.24, 2.45) is 0 Å². The third-order valence-corrected chi connectivity index (χ3v) is 2.84. The number of hydrogen-bond donors (Lipinski definition) is 1. The van der Waals surface area contributed by atoms with Gasteiger partial charge in [-0.2, -0.15) is 5.10 Å². The molecule has 0 aromatic carbocycles. The van der Waals surface area contributed by atoms with Gasteiger partial charge in [-0.1, -0.05) is 0 Å². The maximum Gasteiger partial charge on any atom is 0.178 e. The molecule has 0 spiro atoms. The van der Waals surface area contributed by atoms with Gasteiger partial charge in [0.2, 0.25) is 0 Å². The molecule has 6 heteroatoms. The topological polar surface area (TPSA) is 71.8 Å². The van der Waals surface area contributed by atoms with Crippen LogP contribution in [0.1, 0.15) is 0 Å². The third-order valence-electron chi connectivity index (χ3n) is 2.84. The lowest BCUT2D eigenvalue weighted by atomic mass is 10.3. The maximum absolute atomic E-state index is 4.46. The van der Waals surface area contributed by atoms with Gasteiger partial charge in [0.1, 0.15) is 5.82 Å². The smallest absolute Gasteiger partial charge is 0.178 e. The average Bonchev–Trinajstić information content (AvgIpc) is 3.02. The molecular formula is C12H8N6. The highest BCUT2D eigenvalue weighted by Crippen LogP contribution is 2.22. The summed E-state index contributed by atoms with van der Waals surface area (Å²) in [6.07, 6.45) is 8.77. The van der Waals surface area contributed by atoms with E-state index in [2.05, 4.69) is 25.0 Å². The molecular weight excluding hydrogens is 228 g/mol. The molecule has 6 nitrogen and oxygen atoms in total. The summed E-state index contributed by atoms with van der Waals surface area (Å²) in [6, 6.07) is 3.82. The van der Waals surface area contributed by atoms with E-state index in [-0.39, 0.29) is 0 Å². The first kappa shape index (κ1) is 9.29. The normalized spacial score (nSPS) is 11.3. The molecule has 0 unspecified atom stereocenters. The molecule has 0 aliphatic heterocycles. The molecule has 0 aliphatic rings. The fourth-order valence-corrected chi connectivity index (χ4v) is 1.99. The van der Waals surface area contributed by atoms with Crippen molar-refractivity contribution in [3.05, 3.63) is 43.1 Å². The summed E-state index contributed by atoms with van der Waals surface area (Å²) in [5.74, 6) is 0.756. The van der Waals surface area contributed by atoms with Crippen molar-refractivity contribution < 1.29 is 0 Å². The summed E-state index contributed by atoms with van der Waals surface area (Å²) < 4.78 is 1.77. The molecule has 4 aromatic rings. The van der Waals surface area contributed by atoms with Crippen LogP contribution < -0.4 is 0 Å². The van der Waals surface area contributed by atoms with Crippen molar-refractivity contribution in [1.82, 2.24) is 29.5 Å². The van der Waals surface area contributed by atoms with E-state index in [9.17, 15) is 0 Å². The second kappa shape index (κ2) is 3.36. The molecule has 4 rings (SSSR count). The summed E-state index contributed by atoms with van der Waals surface area (Å²) in [7, 11) is 0. The zero-order valence-corrected chi connectivity index (χ0v) is 9.28. The Morgan fingerprint density at radius 3 is 3.11 bits per heavy atom. The Morgan fingerprint density at radius 2 is 2.17 bits per heavy atom. The number of pyridine rings is 1. The summed E-state index contributed by atoms with van der Waals surface area (Å²) in [5.41, 5.74) is 3.45. The van der Waals surface area contributed by atoms with Crippen LogP contribution in [0.25, 0.3) is 28.1 Å². The number of aromatic amines is 1. The number of imidazole rings is 1. The van der Waals surface area contributed by atoms with Gasteiger partial charge in [-0.3, -0.25) is 4.98 Å². The van der Waals surface area contributed by atoms with E-state index in [1.807, 2.05) is 12.1 Å². The van der Waals surface area contributed by atoms with Crippen molar-refractivity contribution >= 4 is 16.7 Å². The highest BCUT2D eigenvalue weighted by Gasteiger charge is 2.11. The SMILES string of the molecule is c1cnc2nc(-c3cnn4ccncc34)[nH]c2c1. The molecule has 4 aromatic heterocycles. The lowest BCUT2D eigenvalue weighted by molar-refractivity contribution is 0.946. The molecule has 0 fully saturated rings. The molecule has 86 valence electrons. The van der Waals surface area contributed by atoms with Gasteiger partial charge in [-0.05, 0) is 12.1 Å².